The summed E-state index contributed by atoms with van der Waals surface area (Å²) >= 11 is 0. The maximum atomic E-state index is 5.79. The number of hydrogen-bond acceptors (Lipinski definition) is 2. The van der Waals surface area contributed by atoms with Crippen LogP contribution in [0.2, 0.25) is 0 Å². The first kappa shape index (κ1) is 11.3. The molecular weight excluding hydrogens is 200 g/mol. The van der Waals surface area contributed by atoms with Crippen molar-refractivity contribution in [2.24, 2.45) is 0 Å². The summed E-state index contributed by atoms with van der Waals surface area (Å²) in [6.45, 7) is 4.91. The van der Waals surface area contributed by atoms with Crippen molar-refractivity contribution in [2.75, 3.05) is 24.7 Å². The van der Waals surface area contributed by atoms with Crippen molar-refractivity contribution >= 4 is 5.69 Å². The minimum absolute atomic E-state index is 0.793. The van der Waals surface area contributed by atoms with Crippen molar-refractivity contribution in [1.29, 1.82) is 0 Å². The number of ether oxygens (including phenoxy) is 1. The minimum Gasteiger partial charge on any atom is -0.491 e. The first-order chi connectivity index (χ1) is 7.92. The highest BCUT2D eigenvalue weighted by molar-refractivity contribution is 5.57. The van der Waals surface area contributed by atoms with E-state index in [1.807, 2.05) is 18.2 Å². The van der Waals surface area contributed by atoms with E-state index >= 15 is 0 Å². The fourth-order valence-electron chi connectivity index (χ4n) is 1.80. The molecule has 0 atom stereocenters. The van der Waals surface area contributed by atoms with E-state index in [0.29, 0.717) is 0 Å². The Labute approximate surface area is 97.4 Å². The summed E-state index contributed by atoms with van der Waals surface area (Å²) in [5, 5.41) is 2.06. The summed E-state index contributed by atoms with van der Waals surface area (Å²) in [6, 6.07) is 8.16. The van der Waals surface area contributed by atoms with Crippen molar-refractivity contribution in [3.05, 3.63) is 24.3 Å². The first-order valence-electron chi connectivity index (χ1n) is 6.08. The second kappa shape index (κ2) is 5.75. The van der Waals surface area contributed by atoms with E-state index in [4.69, 9.17) is 4.74 Å². The maximum Gasteiger partial charge on any atom is 0.144 e. The lowest BCUT2D eigenvalue weighted by molar-refractivity contribution is 0.309. The Morgan fingerprint density at radius 1 is 1.38 bits per heavy atom. The van der Waals surface area contributed by atoms with Crippen molar-refractivity contribution in [3.8, 4) is 5.75 Å². The van der Waals surface area contributed by atoms with Crippen LogP contribution in [0.5, 0.6) is 5.75 Å². The van der Waals surface area contributed by atoms with Crippen LogP contribution in [-0.2, 0) is 0 Å². The molecule has 3 nitrogen and oxygen atoms in total. The fraction of sp³-hybridized carbons (Fsp3) is 0.538. The Hall–Kier alpha value is -1.22. The zero-order chi connectivity index (χ0) is 11.2. The van der Waals surface area contributed by atoms with E-state index in [2.05, 4.69) is 23.4 Å². The fourth-order valence-corrected chi connectivity index (χ4v) is 1.80. The van der Waals surface area contributed by atoms with Gasteiger partial charge in [-0.1, -0.05) is 25.5 Å². The number of nitrogens with zero attached hydrogens (tertiary/aromatic N) is 2. The SMILES string of the molecule is CCCCOc1ccccc1N1CCC[N]1. The number of anilines is 1. The van der Waals surface area contributed by atoms with E-state index in [1.165, 1.54) is 0 Å². The highest BCUT2D eigenvalue weighted by atomic mass is 16.5. The van der Waals surface area contributed by atoms with Gasteiger partial charge in [-0.25, -0.2) is 0 Å². The third kappa shape index (κ3) is 2.67. The molecule has 16 heavy (non-hydrogen) atoms. The van der Waals surface area contributed by atoms with Gasteiger partial charge in [0.05, 0.1) is 12.3 Å². The molecule has 1 aliphatic heterocycles. The number of unbranched alkanes of at least 4 members (excludes halogenated alkanes) is 1. The molecule has 1 aliphatic rings. The van der Waals surface area contributed by atoms with Gasteiger partial charge in [-0.15, -0.1) is 5.43 Å². The van der Waals surface area contributed by atoms with Crippen LogP contribution in [0, 0.1) is 0 Å². The summed E-state index contributed by atoms with van der Waals surface area (Å²) in [4.78, 5) is 0. The lowest BCUT2D eigenvalue weighted by atomic mass is 10.3. The minimum atomic E-state index is 0.793. The second-order valence-electron chi connectivity index (χ2n) is 4.01. The van der Waals surface area contributed by atoms with Gasteiger partial charge >= 0.3 is 0 Å². The van der Waals surface area contributed by atoms with Crippen LogP contribution < -0.4 is 15.2 Å². The van der Waals surface area contributed by atoms with Gasteiger partial charge in [0, 0.05) is 13.1 Å². The van der Waals surface area contributed by atoms with Crippen molar-refractivity contribution in [1.82, 2.24) is 5.43 Å². The molecule has 0 N–H and O–H groups in total. The summed E-state index contributed by atoms with van der Waals surface area (Å²) in [5.74, 6) is 0.960. The average molecular weight is 219 g/mol. The molecule has 0 unspecified atom stereocenters. The topological polar surface area (TPSA) is 26.6 Å². The molecule has 1 aromatic rings. The van der Waals surface area contributed by atoms with Crippen LogP contribution in [0.25, 0.3) is 0 Å². The third-order valence-electron chi connectivity index (χ3n) is 2.70. The molecule has 87 valence electrons. The Bertz CT molecular complexity index is 321. The quantitative estimate of drug-likeness (QED) is 0.712. The zero-order valence-electron chi connectivity index (χ0n) is 9.85. The van der Waals surface area contributed by atoms with Crippen LogP contribution in [-0.4, -0.2) is 19.7 Å². The molecule has 0 spiro atoms. The Balaban J connectivity index is 2.04. The van der Waals surface area contributed by atoms with Crippen molar-refractivity contribution in [2.45, 2.75) is 26.2 Å². The number of benzene rings is 1. The summed E-state index contributed by atoms with van der Waals surface area (Å²) < 4.78 is 5.79. The van der Waals surface area contributed by atoms with Gasteiger partial charge in [-0.05, 0) is 25.0 Å². The highest BCUT2D eigenvalue weighted by Gasteiger charge is 2.16. The molecular formula is C13H19N2O. The summed E-state index contributed by atoms with van der Waals surface area (Å²) in [5.41, 5.74) is 5.56. The molecule has 3 heteroatoms. The Morgan fingerprint density at radius 2 is 2.25 bits per heavy atom. The molecule has 0 aliphatic carbocycles. The van der Waals surface area contributed by atoms with Gasteiger partial charge in [-0.2, -0.15) is 0 Å². The molecule has 1 fully saturated rings. The van der Waals surface area contributed by atoms with Gasteiger partial charge < -0.3 is 4.74 Å². The standard InChI is InChI=1S/C13H19N2O/c1-2-3-11-16-13-8-5-4-7-12(13)15-10-6-9-14-15/h4-5,7-8H,2-3,6,9-11H2,1H3. The molecule has 0 aromatic heterocycles. The molecule has 1 heterocycles. The monoisotopic (exact) mass is 219 g/mol. The van der Waals surface area contributed by atoms with Crippen LogP contribution in [0.15, 0.2) is 24.3 Å². The largest absolute Gasteiger partial charge is 0.491 e. The molecule has 1 saturated heterocycles. The maximum absolute atomic E-state index is 5.79. The van der Waals surface area contributed by atoms with Crippen LogP contribution in [0.4, 0.5) is 5.69 Å². The smallest absolute Gasteiger partial charge is 0.144 e. The van der Waals surface area contributed by atoms with Crippen LogP contribution >= 0.6 is 0 Å². The number of hydrogen-bond donors (Lipinski definition) is 0. The first-order valence-corrected chi connectivity index (χ1v) is 6.08. The Morgan fingerprint density at radius 3 is 3.00 bits per heavy atom. The van der Waals surface area contributed by atoms with E-state index in [1.54, 1.807) is 0 Å². The predicted molar refractivity (Wildman–Crippen MR) is 65.8 cm³/mol. The highest BCUT2D eigenvalue weighted by Crippen LogP contribution is 2.28. The molecule has 2 rings (SSSR count). The van der Waals surface area contributed by atoms with Gasteiger partial charge in [0.15, 0.2) is 0 Å². The molecule has 1 aromatic carbocycles. The molecule has 0 amide bonds. The lowest BCUT2D eigenvalue weighted by Crippen LogP contribution is -2.24. The summed E-state index contributed by atoms with van der Waals surface area (Å²) in [7, 11) is 0. The van der Waals surface area contributed by atoms with Gasteiger partial charge in [0.2, 0.25) is 0 Å². The van der Waals surface area contributed by atoms with E-state index < -0.39 is 0 Å². The Kier molecular flexibility index (Phi) is 4.05. The lowest BCUT2D eigenvalue weighted by Gasteiger charge is -2.19. The zero-order valence-corrected chi connectivity index (χ0v) is 9.85. The normalized spacial score (nSPS) is 15.4. The van der Waals surface area contributed by atoms with E-state index in [-0.39, 0.29) is 0 Å². The predicted octanol–water partition coefficient (Wildman–Crippen LogP) is 2.60. The van der Waals surface area contributed by atoms with Gasteiger partial charge in [0.1, 0.15) is 5.75 Å². The third-order valence-corrected chi connectivity index (χ3v) is 2.70. The molecule has 1 radical (unpaired) electrons. The van der Waals surface area contributed by atoms with Crippen molar-refractivity contribution < 1.29 is 4.74 Å². The second-order valence-corrected chi connectivity index (χ2v) is 4.01. The molecule has 0 bridgehead atoms. The average Bonchev–Trinajstić information content (AvgIpc) is 2.83. The van der Waals surface area contributed by atoms with E-state index in [0.717, 1.165) is 50.4 Å². The van der Waals surface area contributed by atoms with Crippen LogP contribution in [0.3, 0.4) is 0 Å². The molecule has 0 saturated carbocycles. The number of para-hydroxylation sites is 2. The van der Waals surface area contributed by atoms with Crippen molar-refractivity contribution in [3.63, 3.8) is 0 Å². The van der Waals surface area contributed by atoms with Gasteiger partial charge in [-0.3, -0.25) is 5.01 Å². The van der Waals surface area contributed by atoms with E-state index in [9.17, 15) is 0 Å². The van der Waals surface area contributed by atoms with Crippen LogP contribution in [0.1, 0.15) is 26.2 Å². The number of rotatable bonds is 5. The van der Waals surface area contributed by atoms with Gasteiger partial charge in [0.25, 0.3) is 0 Å². The summed E-state index contributed by atoms with van der Waals surface area (Å²) in [6.07, 6.45) is 3.41.